The molecule has 8 heteroatoms. The molecule has 19 heavy (non-hydrogen) atoms. The maximum absolute atomic E-state index is 13.2. The Kier molecular flexibility index (Phi) is 3.82. The van der Waals surface area contributed by atoms with Crippen molar-refractivity contribution in [3.8, 4) is 0 Å². The summed E-state index contributed by atoms with van der Waals surface area (Å²) in [6, 6.07) is 3.25. The Labute approximate surface area is 112 Å². The highest BCUT2D eigenvalue weighted by Gasteiger charge is 2.18. The Balaban J connectivity index is 2.39. The van der Waals surface area contributed by atoms with Gasteiger partial charge in [-0.05, 0) is 23.9 Å². The van der Waals surface area contributed by atoms with E-state index in [4.69, 9.17) is 5.11 Å². The zero-order chi connectivity index (χ0) is 14.0. The number of aromatic nitrogens is 2. The van der Waals surface area contributed by atoms with Crippen molar-refractivity contribution in [3.05, 3.63) is 46.0 Å². The fourth-order valence-corrected chi connectivity index (χ4v) is 2.46. The lowest BCUT2D eigenvalue weighted by Gasteiger charge is -2.04. The zero-order valence-corrected chi connectivity index (χ0v) is 10.7. The predicted octanol–water partition coefficient (Wildman–Crippen LogP) is 2.11. The molecule has 2 aromatic rings. The molecule has 1 heterocycles. The molecule has 100 valence electrons. The third kappa shape index (κ3) is 2.74. The minimum absolute atomic E-state index is 0.170. The number of nitro groups is 1. The van der Waals surface area contributed by atoms with Gasteiger partial charge in [0.15, 0.2) is 5.16 Å². The van der Waals surface area contributed by atoms with Crippen molar-refractivity contribution < 1.29 is 14.4 Å². The van der Waals surface area contributed by atoms with Gasteiger partial charge in [0.1, 0.15) is 5.82 Å². The minimum Gasteiger partial charge on any atom is -0.390 e. The Morgan fingerprint density at radius 3 is 2.89 bits per heavy atom. The van der Waals surface area contributed by atoms with Crippen molar-refractivity contribution in [1.82, 2.24) is 9.55 Å². The van der Waals surface area contributed by atoms with Gasteiger partial charge < -0.3 is 9.67 Å². The first-order chi connectivity index (χ1) is 9.02. The lowest BCUT2D eigenvalue weighted by atomic mass is 10.3. The van der Waals surface area contributed by atoms with Crippen LogP contribution < -0.4 is 0 Å². The molecule has 1 aromatic heterocycles. The molecular formula is C11H10FN3O3S. The normalized spacial score (nSPS) is 10.7. The molecule has 0 atom stereocenters. The van der Waals surface area contributed by atoms with Crippen LogP contribution in [0, 0.1) is 15.9 Å². The van der Waals surface area contributed by atoms with Crippen LogP contribution in [0.25, 0.3) is 0 Å². The SMILES string of the molecule is Cn1c(CO)cnc1Sc1cc(F)ccc1[N+](=O)[O-]. The molecule has 0 amide bonds. The quantitative estimate of drug-likeness (QED) is 0.686. The average Bonchev–Trinajstić information content (AvgIpc) is 2.70. The van der Waals surface area contributed by atoms with Crippen LogP contribution in [-0.2, 0) is 13.7 Å². The number of benzene rings is 1. The van der Waals surface area contributed by atoms with Crippen molar-refractivity contribution in [2.24, 2.45) is 7.05 Å². The van der Waals surface area contributed by atoms with Gasteiger partial charge in [-0.25, -0.2) is 9.37 Å². The highest BCUT2D eigenvalue weighted by Crippen LogP contribution is 2.34. The van der Waals surface area contributed by atoms with Crippen molar-refractivity contribution in [2.45, 2.75) is 16.7 Å². The van der Waals surface area contributed by atoms with Gasteiger partial charge in [-0.1, -0.05) is 0 Å². The number of hydrogen-bond donors (Lipinski definition) is 1. The van der Waals surface area contributed by atoms with E-state index in [-0.39, 0.29) is 17.2 Å². The first-order valence-electron chi connectivity index (χ1n) is 5.26. The number of aliphatic hydroxyl groups is 1. The summed E-state index contributed by atoms with van der Waals surface area (Å²) in [6.07, 6.45) is 1.47. The first kappa shape index (κ1) is 13.5. The lowest BCUT2D eigenvalue weighted by molar-refractivity contribution is -0.387. The summed E-state index contributed by atoms with van der Waals surface area (Å²) in [5.41, 5.74) is 0.390. The Bertz CT molecular complexity index is 630. The molecule has 0 fully saturated rings. The van der Waals surface area contributed by atoms with Gasteiger partial charge in [-0.15, -0.1) is 0 Å². The fourth-order valence-electron chi connectivity index (χ4n) is 1.49. The third-order valence-corrected chi connectivity index (χ3v) is 3.63. The van der Waals surface area contributed by atoms with Crippen LogP contribution in [0.4, 0.5) is 10.1 Å². The summed E-state index contributed by atoms with van der Waals surface area (Å²) in [7, 11) is 1.67. The van der Waals surface area contributed by atoms with Gasteiger partial charge in [0, 0.05) is 13.1 Å². The molecule has 0 aliphatic rings. The second-order valence-corrected chi connectivity index (χ2v) is 4.73. The van der Waals surface area contributed by atoms with Crippen LogP contribution in [0.5, 0.6) is 0 Å². The topological polar surface area (TPSA) is 81.2 Å². The van der Waals surface area contributed by atoms with E-state index in [9.17, 15) is 14.5 Å². The number of aliphatic hydroxyl groups excluding tert-OH is 1. The van der Waals surface area contributed by atoms with Gasteiger partial charge >= 0.3 is 0 Å². The van der Waals surface area contributed by atoms with Crippen molar-refractivity contribution >= 4 is 17.4 Å². The molecule has 0 aliphatic carbocycles. The predicted molar refractivity (Wildman–Crippen MR) is 66.3 cm³/mol. The van der Waals surface area contributed by atoms with E-state index >= 15 is 0 Å². The molecular weight excluding hydrogens is 273 g/mol. The van der Waals surface area contributed by atoms with Crippen molar-refractivity contribution in [2.75, 3.05) is 0 Å². The standard InChI is InChI=1S/C11H10FN3O3S/c1-14-8(6-16)5-13-11(14)19-10-4-7(12)2-3-9(10)15(17)18/h2-5,16H,6H2,1H3. The molecule has 0 saturated heterocycles. The molecule has 0 aliphatic heterocycles. The van der Waals surface area contributed by atoms with E-state index < -0.39 is 10.7 Å². The monoisotopic (exact) mass is 283 g/mol. The van der Waals surface area contributed by atoms with Crippen LogP contribution in [0.3, 0.4) is 0 Å². The summed E-state index contributed by atoms with van der Waals surface area (Å²) in [4.78, 5) is 14.5. The maximum atomic E-state index is 13.2. The van der Waals surface area contributed by atoms with Gasteiger partial charge in [-0.2, -0.15) is 0 Å². The zero-order valence-electron chi connectivity index (χ0n) is 9.91. The molecule has 0 spiro atoms. The minimum atomic E-state index is -0.572. The van der Waals surface area contributed by atoms with Crippen molar-refractivity contribution in [3.63, 3.8) is 0 Å². The van der Waals surface area contributed by atoms with E-state index in [1.165, 1.54) is 6.20 Å². The first-order valence-corrected chi connectivity index (χ1v) is 6.08. The van der Waals surface area contributed by atoms with Crippen molar-refractivity contribution in [1.29, 1.82) is 0 Å². The number of nitrogens with zero attached hydrogens (tertiary/aromatic N) is 3. The number of hydrogen-bond acceptors (Lipinski definition) is 5. The number of rotatable bonds is 4. The molecule has 0 bridgehead atoms. The molecule has 1 aromatic carbocycles. The molecule has 0 radical (unpaired) electrons. The summed E-state index contributed by atoms with van der Waals surface area (Å²) < 4.78 is 14.8. The summed E-state index contributed by atoms with van der Waals surface area (Å²) in [6.45, 7) is -0.185. The molecule has 6 nitrogen and oxygen atoms in total. The summed E-state index contributed by atoms with van der Waals surface area (Å²) >= 11 is 0.979. The fraction of sp³-hybridized carbons (Fsp3) is 0.182. The lowest BCUT2D eigenvalue weighted by Crippen LogP contribution is -1.98. The highest BCUT2D eigenvalue weighted by atomic mass is 32.2. The molecule has 0 unspecified atom stereocenters. The van der Waals surface area contributed by atoms with Crippen LogP contribution in [0.2, 0.25) is 0 Å². The largest absolute Gasteiger partial charge is 0.390 e. The van der Waals surface area contributed by atoms with Gasteiger partial charge in [0.05, 0.1) is 28.3 Å². The van der Waals surface area contributed by atoms with E-state index in [0.717, 1.165) is 30.0 Å². The Morgan fingerprint density at radius 1 is 1.58 bits per heavy atom. The van der Waals surface area contributed by atoms with Crippen LogP contribution in [0.1, 0.15) is 5.69 Å². The van der Waals surface area contributed by atoms with E-state index in [0.29, 0.717) is 10.9 Å². The van der Waals surface area contributed by atoms with Crippen LogP contribution in [0.15, 0.2) is 34.4 Å². The third-order valence-electron chi connectivity index (χ3n) is 2.52. The molecule has 0 saturated carbocycles. The summed E-state index contributed by atoms with van der Waals surface area (Å²) in [5.74, 6) is -0.551. The average molecular weight is 283 g/mol. The second kappa shape index (κ2) is 5.37. The van der Waals surface area contributed by atoms with Crippen LogP contribution in [-0.4, -0.2) is 19.6 Å². The van der Waals surface area contributed by atoms with Gasteiger partial charge in [0.2, 0.25) is 0 Å². The van der Waals surface area contributed by atoms with Gasteiger partial charge in [0.25, 0.3) is 5.69 Å². The Morgan fingerprint density at radius 2 is 2.32 bits per heavy atom. The number of nitro benzene ring substituents is 1. The van der Waals surface area contributed by atoms with E-state index in [1.54, 1.807) is 11.6 Å². The molecule has 2 rings (SSSR count). The smallest absolute Gasteiger partial charge is 0.283 e. The van der Waals surface area contributed by atoms with Crippen LogP contribution >= 0.6 is 11.8 Å². The number of halogens is 1. The highest BCUT2D eigenvalue weighted by molar-refractivity contribution is 7.99. The van der Waals surface area contributed by atoms with E-state index in [1.807, 2.05) is 0 Å². The molecule has 1 N–H and O–H groups in total. The van der Waals surface area contributed by atoms with E-state index in [2.05, 4.69) is 4.98 Å². The number of imidazole rings is 1. The second-order valence-electron chi connectivity index (χ2n) is 3.72. The Hall–Kier alpha value is -1.93. The maximum Gasteiger partial charge on any atom is 0.283 e. The van der Waals surface area contributed by atoms with Gasteiger partial charge in [-0.3, -0.25) is 10.1 Å². The summed E-state index contributed by atoms with van der Waals surface area (Å²) in [5, 5.41) is 20.4.